The van der Waals surface area contributed by atoms with Gasteiger partial charge in [-0.2, -0.15) is 0 Å². The summed E-state index contributed by atoms with van der Waals surface area (Å²) >= 11 is 0. The van der Waals surface area contributed by atoms with Gasteiger partial charge in [-0.3, -0.25) is 4.79 Å². The van der Waals surface area contributed by atoms with Crippen LogP contribution >= 0.6 is 0 Å². The molecule has 0 aromatic carbocycles. The van der Waals surface area contributed by atoms with E-state index in [2.05, 4.69) is 12.1 Å². The molecule has 0 bridgehead atoms. The minimum Gasteiger partial charge on any atom is -0.459 e. The van der Waals surface area contributed by atoms with Crippen molar-refractivity contribution in [3.05, 3.63) is 41.2 Å². The fraction of sp³-hybridized carbons (Fsp3) is 0.556. The van der Waals surface area contributed by atoms with Gasteiger partial charge in [-0.15, -0.1) is 0 Å². The smallest absolute Gasteiger partial charge is 0.289 e. The molecule has 0 saturated carbocycles. The third kappa shape index (κ3) is 2.69. The molecule has 0 radical (unpaired) electrons. The van der Waals surface area contributed by atoms with Gasteiger partial charge in [0.15, 0.2) is 5.76 Å². The molecule has 1 fully saturated rings. The van der Waals surface area contributed by atoms with Crippen LogP contribution in [-0.4, -0.2) is 29.1 Å². The molecule has 0 spiro atoms. The molecule has 2 aromatic heterocycles. The highest BCUT2D eigenvalue weighted by Gasteiger charge is 2.33. The largest absolute Gasteiger partial charge is 0.459 e. The third-order valence-electron chi connectivity index (χ3n) is 5.14. The Morgan fingerprint density at radius 3 is 3.13 bits per heavy atom. The van der Waals surface area contributed by atoms with Crippen molar-refractivity contribution in [2.75, 3.05) is 13.1 Å². The summed E-state index contributed by atoms with van der Waals surface area (Å²) in [5, 5.41) is 4.29. The van der Waals surface area contributed by atoms with E-state index in [1.54, 1.807) is 18.4 Å². The maximum atomic E-state index is 12.5. The molecule has 2 atom stereocenters. The van der Waals surface area contributed by atoms with Crippen LogP contribution in [0.25, 0.3) is 0 Å². The van der Waals surface area contributed by atoms with Crippen LogP contribution < -0.4 is 0 Å². The number of carbonyl (C=O) groups is 1. The predicted molar refractivity (Wildman–Crippen MR) is 84.3 cm³/mol. The maximum absolute atomic E-state index is 12.5. The van der Waals surface area contributed by atoms with E-state index in [4.69, 9.17) is 8.94 Å². The predicted octanol–water partition coefficient (Wildman–Crippen LogP) is 3.41. The van der Waals surface area contributed by atoms with Gasteiger partial charge in [0, 0.05) is 24.6 Å². The van der Waals surface area contributed by atoms with E-state index in [1.165, 1.54) is 12.0 Å². The Kier molecular flexibility index (Phi) is 3.71. The lowest BCUT2D eigenvalue weighted by Crippen LogP contribution is -2.39. The van der Waals surface area contributed by atoms with E-state index in [1.807, 2.05) is 4.90 Å². The van der Waals surface area contributed by atoms with Crippen LogP contribution in [0.2, 0.25) is 0 Å². The van der Waals surface area contributed by atoms with Crippen LogP contribution in [0.4, 0.5) is 0 Å². The zero-order valence-corrected chi connectivity index (χ0v) is 13.5. The lowest BCUT2D eigenvalue weighted by Gasteiger charge is -2.31. The van der Waals surface area contributed by atoms with Crippen LogP contribution in [0.5, 0.6) is 0 Å². The standard InChI is InChI=1S/C18H22N2O3/c1-12-6-7-15-14(10-12)17(23-19-15)13-4-2-8-20(11-13)18(21)16-5-3-9-22-16/h3,5,9,12-13H,2,4,6-8,10-11H2,1H3/t12-,13-/m1/s1. The molecule has 0 unspecified atom stereocenters. The summed E-state index contributed by atoms with van der Waals surface area (Å²) in [7, 11) is 0. The lowest BCUT2D eigenvalue weighted by atomic mass is 9.84. The van der Waals surface area contributed by atoms with Gasteiger partial charge >= 0.3 is 0 Å². The molecule has 5 nitrogen and oxygen atoms in total. The van der Waals surface area contributed by atoms with Gasteiger partial charge < -0.3 is 13.8 Å². The molecule has 122 valence electrons. The average Bonchev–Trinajstić information content (AvgIpc) is 3.23. The first-order chi connectivity index (χ1) is 11.2. The number of fused-ring (bicyclic) bond motifs is 1. The first-order valence-corrected chi connectivity index (χ1v) is 8.52. The highest BCUT2D eigenvalue weighted by Crippen LogP contribution is 2.35. The van der Waals surface area contributed by atoms with Gasteiger partial charge in [-0.25, -0.2) is 0 Å². The number of amides is 1. The molecule has 0 N–H and O–H groups in total. The first kappa shape index (κ1) is 14.5. The molecular formula is C18H22N2O3. The zero-order chi connectivity index (χ0) is 15.8. The van der Waals surface area contributed by atoms with Crippen molar-refractivity contribution in [1.29, 1.82) is 0 Å². The van der Waals surface area contributed by atoms with E-state index in [-0.39, 0.29) is 11.8 Å². The lowest BCUT2D eigenvalue weighted by molar-refractivity contribution is 0.0665. The summed E-state index contributed by atoms with van der Waals surface area (Å²) in [6, 6.07) is 3.48. The van der Waals surface area contributed by atoms with Crippen LogP contribution in [0.3, 0.4) is 0 Å². The van der Waals surface area contributed by atoms with E-state index < -0.39 is 0 Å². The monoisotopic (exact) mass is 314 g/mol. The fourth-order valence-corrected chi connectivity index (χ4v) is 3.86. The van der Waals surface area contributed by atoms with Crippen molar-refractivity contribution in [2.24, 2.45) is 5.92 Å². The third-order valence-corrected chi connectivity index (χ3v) is 5.14. The quantitative estimate of drug-likeness (QED) is 0.852. The number of hydrogen-bond donors (Lipinski definition) is 0. The Balaban J connectivity index is 1.54. The van der Waals surface area contributed by atoms with Gasteiger partial charge in [-0.1, -0.05) is 12.1 Å². The second-order valence-corrected chi connectivity index (χ2v) is 6.89. The van der Waals surface area contributed by atoms with Gasteiger partial charge in [0.1, 0.15) is 5.76 Å². The number of likely N-dealkylation sites (tertiary alicyclic amines) is 1. The minimum atomic E-state index is -0.0264. The van der Waals surface area contributed by atoms with Crippen LogP contribution in [-0.2, 0) is 12.8 Å². The maximum Gasteiger partial charge on any atom is 0.289 e. The summed E-state index contributed by atoms with van der Waals surface area (Å²) in [6.45, 7) is 3.76. The van der Waals surface area contributed by atoms with Crippen LogP contribution in [0.15, 0.2) is 27.3 Å². The summed E-state index contributed by atoms with van der Waals surface area (Å²) in [5.74, 6) is 2.35. The number of nitrogens with zero attached hydrogens (tertiary/aromatic N) is 2. The SMILES string of the molecule is C[C@@H]1CCc2noc([C@@H]3CCCN(C(=O)c4ccco4)C3)c2C1. The highest BCUT2D eigenvalue weighted by molar-refractivity contribution is 5.91. The van der Waals surface area contributed by atoms with Crippen molar-refractivity contribution in [2.45, 2.75) is 44.9 Å². The second kappa shape index (κ2) is 5.87. The average molecular weight is 314 g/mol. The number of piperidine rings is 1. The van der Waals surface area contributed by atoms with E-state index in [0.29, 0.717) is 18.2 Å². The van der Waals surface area contributed by atoms with Crippen molar-refractivity contribution in [3.63, 3.8) is 0 Å². The molecule has 1 amide bonds. The Labute approximate surface area is 135 Å². The summed E-state index contributed by atoms with van der Waals surface area (Å²) < 4.78 is 11.0. The number of furan rings is 1. The number of rotatable bonds is 2. The van der Waals surface area contributed by atoms with E-state index in [0.717, 1.165) is 43.7 Å². The normalized spacial score (nSPS) is 24.5. The van der Waals surface area contributed by atoms with Crippen molar-refractivity contribution >= 4 is 5.91 Å². The summed E-state index contributed by atoms with van der Waals surface area (Å²) in [6.07, 6.45) is 6.84. The second-order valence-electron chi connectivity index (χ2n) is 6.89. The Morgan fingerprint density at radius 1 is 1.39 bits per heavy atom. The molecular weight excluding hydrogens is 292 g/mol. The molecule has 1 saturated heterocycles. The summed E-state index contributed by atoms with van der Waals surface area (Å²) in [5.41, 5.74) is 2.44. The van der Waals surface area contributed by atoms with Gasteiger partial charge in [-0.05, 0) is 50.2 Å². The fourth-order valence-electron chi connectivity index (χ4n) is 3.86. The zero-order valence-electron chi connectivity index (χ0n) is 13.5. The van der Waals surface area contributed by atoms with Crippen molar-refractivity contribution in [1.82, 2.24) is 10.1 Å². The summed E-state index contributed by atoms with van der Waals surface area (Å²) in [4.78, 5) is 14.4. The van der Waals surface area contributed by atoms with Crippen molar-refractivity contribution in [3.8, 4) is 0 Å². The van der Waals surface area contributed by atoms with Crippen LogP contribution in [0.1, 0.15) is 59.7 Å². The molecule has 5 heteroatoms. The Hall–Kier alpha value is -2.04. The number of aromatic nitrogens is 1. The first-order valence-electron chi connectivity index (χ1n) is 8.52. The number of aryl methyl sites for hydroxylation is 1. The molecule has 2 aliphatic rings. The Bertz CT molecular complexity index is 689. The number of carbonyl (C=O) groups excluding carboxylic acids is 1. The highest BCUT2D eigenvalue weighted by atomic mass is 16.5. The van der Waals surface area contributed by atoms with Gasteiger partial charge in [0.05, 0.1) is 12.0 Å². The molecule has 1 aliphatic heterocycles. The van der Waals surface area contributed by atoms with Crippen molar-refractivity contribution < 1.29 is 13.7 Å². The Morgan fingerprint density at radius 2 is 2.30 bits per heavy atom. The van der Waals surface area contributed by atoms with Gasteiger partial charge in [0.2, 0.25) is 0 Å². The molecule has 23 heavy (non-hydrogen) atoms. The van der Waals surface area contributed by atoms with Gasteiger partial charge in [0.25, 0.3) is 5.91 Å². The molecule has 2 aromatic rings. The van der Waals surface area contributed by atoms with E-state index >= 15 is 0 Å². The molecule has 4 rings (SSSR count). The molecule has 3 heterocycles. The number of hydrogen-bond acceptors (Lipinski definition) is 4. The topological polar surface area (TPSA) is 59.5 Å². The van der Waals surface area contributed by atoms with Crippen LogP contribution in [0, 0.1) is 5.92 Å². The minimum absolute atomic E-state index is 0.0264. The van der Waals surface area contributed by atoms with E-state index in [9.17, 15) is 4.79 Å². The molecule has 1 aliphatic carbocycles.